The molecule has 0 aromatic heterocycles. The van der Waals surface area contributed by atoms with E-state index in [9.17, 15) is 14.4 Å². The molecule has 0 bridgehead atoms. The largest absolute Gasteiger partial charge is 0.495 e. The Morgan fingerprint density at radius 1 is 0.795 bits per heavy atom. The Hall–Kier alpha value is -4.56. The zero-order valence-electron chi connectivity index (χ0n) is 21.2. The maximum absolute atomic E-state index is 12.3. The lowest BCUT2D eigenvalue weighted by Gasteiger charge is -2.11. The van der Waals surface area contributed by atoms with E-state index in [1.807, 2.05) is 42.5 Å². The highest BCUT2D eigenvalue weighted by atomic mass is 35.5. The predicted octanol–water partition coefficient (Wildman–Crippen LogP) is 6.58. The van der Waals surface area contributed by atoms with Gasteiger partial charge in [-0.25, -0.2) is 0 Å². The van der Waals surface area contributed by atoms with E-state index in [1.54, 1.807) is 36.4 Å². The zero-order valence-corrected chi connectivity index (χ0v) is 22.0. The molecule has 9 heteroatoms. The Morgan fingerprint density at radius 2 is 1.56 bits per heavy atom. The molecular formula is C30H27ClN2O6. The van der Waals surface area contributed by atoms with Crippen molar-refractivity contribution in [3.63, 3.8) is 0 Å². The van der Waals surface area contributed by atoms with E-state index in [4.69, 9.17) is 25.8 Å². The number of nitrogens with one attached hydrogen (secondary N) is 2. The van der Waals surface area contributed by atoms with Crippen LogP contribution < -0.4 is 20.1 Å². The summed E-state index contributed by atoms with van der Waals surface area (Å²) in [6.45, 7) is -0.464. The minimum atomic E-state index is -0.578. The number of carbonyl (C=O) groups is 3. The van der Waals surface area contributed by atoms with Gasteiger partial charge in [-0.2, -0.15) is 0 Å². The molecule has 39 heavy (non-hydrogen) atoms. The van der Waals surface area contributed by atoms with Gasteiger partial charge in [0.25, 0.3) is 5.91 Å². The Morgan fingerprint density at radius 3 is 2.36 bits per heavy atom. The van der Waals surface area contributed by atoms with Crippen molar-refractivity contribution in [2.45, 2.75) is 19.3 Å². The Bertz CT molecular complexity index is 1470. The molecule has 0 unspecified atom stereocenters. The van der Waals surface area contributed by atoms with E-state index in [0.29, 0.717) is 27.9 Å². The molecule has 0 radical (unpaired) electrons. The number of carbonyl (C=O) groups excluding carboxylic acids is 3. The molecular weight excluding hydrogens is 520 g/mol. The second kappa shape index (κ2) is 13.3. The van der Waals surface area contributed by atoms with Gasteiger partial charge in [-0.3, -0.25) is 14.4 Å². The third-order valence-electron chi connectivity index (χ3n) is 5.70. The fourth-order valence-corrected chi connectivity index (χ4v) is 3.99. The number of anilines is 2. The molecule has 0 atom stereocenters. The molecule has 200 valence electrons. The first-order valence-electron chi connectivity index (χ1n) is 12.3. The number of esters is 1. The standard InChI is InChI=1S/C30H27ClN2O6/c1-37-27-17-12-21(31)18-25(27)33-29(35)19-38-30(36)11-5-10-28(34)32-22-13-15-23(16-14-22)39-26-9-4-7-20-6-2-3-8-24(20)26/h2-4,6-9,12-18H,5,10-11,19H2,1H3,(H,32,34)(H,33,35). The predicted molar refractivity (Wildman–Crippen MR) is 151 cm³/mol. The summed E-state index contributed by atoms with van der Waals surface area (Å²) < 4.78 is 16.2. The van der Waals surface area contributed by atoms with Crippen molar-refractivity contribution in [2.75, 3.05) is 24.4 Å². The summed E-state index contributed by atoms with van der Waals surface area (Å²) in [5.41, 5.74) is 0.983. The fourth-order valence-electron chi connectivity index (χ4n) is 3.82. The molecule has 0 fully saturated rings. The lowest BCUT2D eigenvalue weighted by atomic mass is 10.1. The van der Waals surface area contributed by atoms with Crippen LogP contribution in [-0.4, -0.2) is 31.5 Å². The van der Waals surface area contributed by atoms with Crippen molar-refractivity contribution in [3.8, 4) is 17.2 Å². The van der Waals surface area contributed by atoms with E-state index in [-0.39, 0.29) is 25.2 Å². The quantitative estimate of drug-likeness (QED) is 0.206. The number of amides is 2. The molecule has 4 aromatic rings. The Labute approximate surface area is 230 Å². The average Bonchev–Trinajstić information content (AvgIpc) is 2.93. The number of ether oxygens (including phenoxy) is 3. The lowest BCUT2D eigenvalue weighted by Crippen LogP contribution is -2.21. The van der Waals surface area contributed by atoms with Crippen molar-refractivity contribution < 1.29 is 28.6 Å². The molecule has 0 saturated carbocycles. The summed E-state index contributed by atoms with van der Waals surface area (Å²) in [6, 6.07) is 25.7. The van der Waals surface area contributed by atoms with Gasteiger partial charge < -0.3 is 24.8 Å². The van der Waals surface area contributed by atoms with Gasteiger partial charge in [0.2, 0.25) is 5.91 Å². The molecule has 8 nitrogen and oxygen atoms in total. The summed E-state index contributed by atoms with van der Waals surface area (Å²) in [5, 5.41) is 7.90. The van der Waals surface area contributed by atoms with Gasteiger partial charge in [0.1, 0.15) is 17.2 Å². The number of hydrogen-bond donors (Lipinski definition) is 2. The highest BCUT2D eigenvalue weighted by Crippen LogP contribution is 2.30. The molecule has 4 aromatic carbocycles. The molecule has 2 amide bonds. The number of methoxy groups -OCH3 is 1. The normalized spacial score (nSPS) is 10.5. The fraction of sp³-hybridized carbons (Fsp3) is 0.167. The SMILES string of the molecule is COc1ccc(Cl)cc1NC(=O)COC(=O)CCCC(=O)Nc1ccc(Oc2cccc3ccccc23)cc1. The summed E-state index contributed by atoms with van der Waals surface area (Å²) in [6.07, 6.45) is 0.394. The number of benzene rings is 4. The smallest absolute Gasteiger partial charge is 0.306 e. The Kier molecular flexibility index (Phi) is 9.37. The van der Waals surface area contributed by atoms with Crippen molar-refractivity contribution >= 4 is 51.5 Å². The maximum atomic E-state index is 12.3. The van der Waals surface area contributed by atoms with Crippen LogP contribution in [0.3, 0.4) is 0 Å². The summed E-state index contributed by atoms with van der Waals surface area (Å²) in [7, 11) is 1.46. The average molecular weight is 547 g/mol. The van der Waals surface area contributed by atoms with Crippen LogP contribution in [0.4, 0.5) is 11.4 Å². The molecule has 0 spiro atoms. The van der Waals surface area contributed by atoms with Gasteiger partial charge in [0.05, 0.1) is 12.8 Å². The van der Waals surface area contributed by atoms with Gasteiger partial charge >= 0.3 is 5.97 Å². The van der Waals surface area contributed by atoms with E-state index in [0.717, 1.165) is 16.5 Å². The Balaban J connectivity index is 1.17. The molecule has 0 aliphatic carbocycles. The zero-order chi connectivity index (χ0) is 27.6. The molecule has 0 heterocycles. The number of halogens is 1. The van der Waals surface area contributed by atoms with Gasteiger partial charge in [-0.1, -0.05) is 48.0 Å². The second-order valence-corrected chi connectivity index (χ2v) is 9.00. The van der Waals surface area contributed by atoms with Crippen LogP contribution in [0.1, 0.15) is 19.3 Å². The van der Waals surface area contributed by atoms with E-state index >= 15 is 0 Å². The van der Waals surface area contributed by atoms with E-state index in [2.05, 4.69) is 10.6 Å². The van der Waals surface area contributed by atoms with Crippen LogP contribution in [0.5, 0.6) is 17.2 Å². The van der Waals surface area contributed by atoms with Crippen molar-refractivity contribution in [1.29, 1.82) is 0 Å². The molecule has 0 saturated heterocycles. The van der Waals surface area contributed by atoms with Gasteiger partial charge in [0.15, 0.2) is 6.61 Å². The maximum Gasteiger partial charge on any atom is 0.306 e. The second-order valence-electron chi connectivity index (χ2n) is 8.56. The van der Waals surface area contributed by atoms with Crippen LogP contribution in [0.2, 0.25) is 5.02 Å². The third kappa shape index (κ3) is 7.96. The minimum absolute atomic E-state index is 0.000996. The number of rotatable bonds is 11. The van der Waals surface area contributed by atoms with Crippen LogP contribution in [0.25, 0.3) is 10.8 Å². The first-order valence-corrected chi connectivity index (χ1v) is 12.6. The van der Waals surface area contributed by atoms with Crippen molar-refractivity contribution in [2.24, 2.45) is 0 Å². The van der Waals surface area contributed by atoms with E-state index in [1.165, 1.54) is 13.2 Å². The molecule has 4 rings (SSSR count). The topological polar surface area (TPSA) is 103 Å². The van der Waals surface area contributed by atoms with Gasteiger partial charge in [-0.05, 0) is 60.3 Å². The third-order valence-corrected chi connectivity index (χ3v) is 5.94. The first-order chi connectivity index (χ1) is 18.9. The summed E-state index contributed by atoms with van der Waals surface area (Å²) >= 11 is 5.94. The van der Waals surface area contributed by atoms with Gasteiger partial charge in [-0.15, -0.1) is 0 Å². The summed E-state index contributed by atoms with van der Waals surface area (Å²) in [5.74, 6) is 0.470. The van der Waals surface area contributed by atoms with Crippen molar-refractivity contribution in [3.05, 3.63) is 90.0 Å². The van der Waals surface area contributed by atoms with Crippen LogP contribution in [0, 0.1) is 0 Å². The van der Waals surface area contributed by atoms with Crippen LogP contribution >= 0.6 is 11.6 Å². The van der Waals surface area contributed by atoms with Crippen molar-refractivity contribution in [1.82, 2.24) is 0 Å². The van der Waals surface area contributed by atoms with Crippen LogP contribution in [0.15, 0.2) is 84.9 Å². The monoisotopic (exact) mass is 546 g/mol. The molecule has 0 aliphatic rings. The minimum Gasteiger partial charge on any atom is -0.495 e. The number of hydrogen-bond acceptors (Lipinski definition) is 6. The summed E-state index contributed by atoms with van der Waals surface area (Å²) in [4.78, 5) is 36.4. The first kappa shape index (κ1) is 27.5. The number of fused-ring (bicyclic) bond motifs is 1. The van der Waals surface area contributed by atoms with Crippen LogP contribution in [-0.2, 0) is 19.1 Å². The van der Waals surface area contributed by atoms with E-state index < -0.39 is 18.5 Å². The highest BCUT2D eigenvalue weighted by molar-refractivity contribution is 6.31. The molecule has 0 aliphatic heterocycles. The highest BCUT2D eigenvalue weighted by Gasteiger charge is 2.12. The lowest BCUT2D eigenvalue weighted by molar-refractivity contribution is -0.147. The van der Waals surface area contributed by atoms with Gasteiger partial charge in [0, 0.05) is 28.9 Å². The molecule has 2 N–H and O–H groups in total.